The van der Waals surface area contributed by atoms with Gasteiger partial charge in [0, 0.05) is 39.8 Å². The highest BCUT2D eigenvalue weighted by molar-refractivity contribution is 5.79. The van der Waals surface area contributed by atoms with Crippen molar-refractivity contribution in [2.45, 2.75) is 6.92 Å². The third-order valence-electron chi connectivity index (χ3n) is 2.94. The van der Waals surface area contributed by atoms with Crippen LogP contribution in [-0.4, -0.2) is 77.1 Å². The summed E-state index contributed by atoms with van der Waals surface area (Å²) in [5.74, 6) is 0.817. The fraction of sp³-hybridized carbons (Fsp3) is 0.786. The first-order chi connectivity index (χ1) is 9.72. The molecule has 1 aliphatic rings. The van der Waals surface area contributed by atoms with Gasteiger partial charge in [-0.15, -0.1) is 0 Å². The minimum atomic E-state index is 0.616. The minimum Gasteiger partial charge on any atom is -0.379 e. The molecule has 0 aromatic rings. The van der Waals surface area contributed by atoms with Crippen LogP contribution < -0.4 is 10.6 Å². The molecule has 2 N–H and O–H groups in total. The van der Waals surface area contributed by atoms with Crippen LogP contribution in [0.15, 0.2) is 17.1 Å². The van der Waals surface area contributed by atoms with E-state index in [1.807, 2.05) is 6.92 Å². The Bertz CT molecular complexity index is 302. The number of guanidine groups is 1. The van der Waals surface area contributed by atoms with E-state index in [0.717, 1.165) is 57.5 Å². The third-order valence-corrected chi connectivity index (χ3v) is 2.94. The molecular weight excluding hydrogens is 256 g/mol. The number of morpholine rings is 1. The van der Waals surface area contributed by atoms with E-state index in [2.05, 4.69) is 27.1 Å². The molecule has 0 atom stereocenters. The molecule has 0 amide bonds. The fourth-order valence-corrected chi connectivity index (χ4v) is 1.87. The van der Waals surface area contributed by atoms with Gasteiger partial charge in [-0.2, -0.15) is 0 Å². The molecule has 0 spiro atoms. The van der Waals surface area contributed by atoms with Crippen molar-refractivity contribution in [3.8, 4) is 0 Å². The Labute approximate surface area is 122 Å². The summed E-state index contributed by atoms with van der Waals surface area (Å²) < 4.78 is 10.7. The van der Waals surface area contributed by atoms with E-state index in [1.165, 1.54) is 0 Å². The number of nitrogens with zero attached hydrogens (tertiary/aromatic N) is 2. The van der Waals surface area contributed by atoms with Gasteiger partial charge in [-0.3, -0.25) is 9.89 Å². The summed E-state index contributed by atoms with van der Waals surface area (Å²) >= 11 is 0. The van der Waals surface area contributed by atoms with Crippen molar-refractivity contribution in [2.24, 2.45) is 4.99 Å². The highest BCUT2D eigenvalue weighted by atomic mass is 16.5. The second-order valence-electron chi connectivity index (χ2n) is 4.89. The summed E-state index contributed by atoms with van der Waals surface area (Å²) in [5.41, 5.74) is 1.04. The molecule has 1 heterocycles. The van der Waals surface area contributed by atoms with Crippen molar-refractivity contribution in [1.29, 1.82) is 0 Å². The first-order valence-corrected chi connectivity index (χ1v) is 7.19. The Kier molecular flexibility index (Phi) is 9.02. The lowest BCUT2D eigenvalue weighted by atomic mass is 10.4. The molecule has 1 aliphatic heterocycles. The Balaban J connectivity index is 2.02. The number of hydrogen-bond acceptors (Lipinski definition) is 4. The number of rotatable bonds is 8. The second-order valence-corrected chi connectivity index (χ2v) is 4.89. The van der Waals surface area contributed by atoms with Gasteiger partial charge in [0.1, 0.15) is 0 Å². The van der Waals surface area contributed by atoms with E-state index < -0.39 is 0 Å². The largest absolute Gasteiger partial charge is 0.379 e. The van der Waals surface area contributed by atoms with Crippen molar-refractivity contribution in [3.63, 3.8) is 0 Å². The number of ether oxygens (including phenoxy) is 2. The molecule has 0 aromatic heterocycles. The average molecular weight is 284 g/mol. The Hall–Kier alpha value is -1.11. The average Bonchev–Trinajstić information content (AvgIpc) is 2.46. The summed E-state index contributed by atoms with van der Waals surface area (Å²) in [6.45, 7) is 13.4. The summed E-state index contributed by atoms with van der Waals surface area (Å²) in [7, 11) is 1.78. The van der Waals surface area contributed by atoms with E-state index in [9.17, 15) is 0 Å². The van der Waals surface area contributed by atoms with Gasteiger partial charge >= 0.3 is 0 Å². The smallest absolute Gasteiger partial charge is 0.191 e. The molecule has 1 fully saturated rings. The zero-order chi connectivity index (χ0) is 14.6. The molecule has 116 valence electrons. The summed E-state index contributed by atoms with van der Waals surface area (Å²) in [4.78, 5) is 6.57. The van der Waals surface area contributed by atoms with E-state index in [0.29, 0.717) is 13.2 Å². The molecule has 0 bridgehead atoms. The number of aliphatic imine (C=N–C) groups is 1. The van der Waals surface area contributed by atoms with Crippen molar-refractivity contribution < 1.29 is 9.47 Å². The monoisotopic (exact) mass is 284 g/mol. The number of hydrogen-bond donors (Lipinski definition) is 2. The zero-order valence-corrected chi connectivity index (χ0v) is 12.8. The van der Waals surface area contributed by atoms with E-state index >= 15 is 0 Å². The number of nitrogens with one attached hydrogen (secondary N) is 2. The fourth-order valence-electron chi connectivity index (χ4n) is 1.87. The van der Waals surface area contributed by atoms with Crippen LogP contribution in [0.2, 0.25) is 0 Å². The standard InChI is InChI=1S/C14H28N4O2/c1-13(2)12-20-9-5-17-14(15-3)16-4-6-18-7-10-19-11-8-18/h1,4-12H2,2-3H3,(H2,15,16,17). The van der Waals surface area contributed by atoms with Crippen LogP contribution in [0.1, 0.15) is 6.92 Å². The zero-order valence-electron chi connectivity index (χ0n) is 12.8. The van der Waals surface area contributed by atoms with Crippen LogP contribution in [0.3, 0.4) is 0 Å². The van der Waals surface area contributed by atoms with Gasteiger partial charge in [0.15, 0.2) is 5.96 Å². The van der Waals surface area contributed by atoms with Crippen LogP contribution >= 0.6 is 0 Å². The lowest BCUT2D eigenvalue weighted by Gasteiger charge is -2.26. The SMILES string of the molecule is C=C(C)COCCNC(=NC)NCCN1CCOCC1. The first-order valence-electron chi connectivity index (χ1n) is 7.19. The summed E-state index contributed by atoms with van der Waals surface area (Å²) in [6, 6.07) is 0. The van der Waals surface area contributed by atoms with Crippen LogP contribution in [0.5, 0.6) is 0 Å². The molecule has 0 aliphatic carbocycles. The molecule has 1 saturated heterocycles. The van der Waals surface area contributed by atoms with Crippen molar-refractivity contribution in [3.05, 3.63) is 12.2 Å². The van der Waals surface area contributed by atoms with Crippen LogP contribution in [0.4, 0.5) is 0 Å². The van der Waals surface area contributed by atoms with Gasteiger partial charge in [0.2, 0.25) is 0 Å². The van der Waals surface area contributed by atoms with E-state index in [4.69, 9.17) is 9.47 Å². The van der Waals surface area contributed by atoms with Gasteiger partial charge in [-0.1, -0.05) is 12.2 Å². The second kappa shape index (κ2) is 10.7. The molecular formula is C14H28N4O2. The minimum absolute atomic E-state index is 0.616. The molecule has 0 aromatic carbocycles. The first kappa shape index (κ1) is 16.9. The van der Waals surface area contributed by atoms with Gasteiger partial charge in [0.25, 0.3) is 0 Å². The highest BCUT2D eigenvalue weighted by Crippen LogP contribution is 1.94. The third kappa shape index (κ3) is 8.14. The highest BCUT2D eigenvalue weighted by Gasteiger charge is 2.09. The summed E-state index contributed by atoms with van der Waals surface area (Å²) in [6.07, 6.45) is 0. The van der Waals surface area contributed by atoms with Crippen LogP contribution in [0.25, 0.3) is 0 Å². The topological polar surface area (TPSA) is 58.1 Å². The van der Waals surface area contributed by atoms with Crippen LogP contribution in [0, 0.1) is 0 Å². The Morgan fingerprint density at radius 3 is 2.65 bits per heavy atom. The maximum Gasteiger partial charge on any atom is 0.191 e. The predicted octanol–water partition coefficient (Wildman–Crippen LogP) is 0.0763. The van der Waals surface area contributed by atoms with Crippen molar-refractivity contribution >= 4 is 5.96 Å². The molecule has 0 saturated carbocycles. The van der Waals surface area contributed by atoms with Gasteiger partial charge in [-0.05, 0) is 6.92 Å². The molecule has 0 radical (unpaired) electrons. The van der Waals surface area contributed by atoms with Gasteiger partial charge in [0.05, 0.1) is 26.4 Å². The Morgan fingerprint density at radius 2 is 2.00 bits per heavy atom. The van der Waals surface area contributed by atoms with Crippen LogP contribution in [-0.2, 0) is 9.47 Å². The maximum absolute atomic E-state index is 5.42. The van der Waals surface area contributed by atoms with Crippen molar-refractivity contribution in [1.82, 2.24) is 15.5 Å². The summed E-state index contributed by atoms with van der Waals surface area (Å²) in [5, 5.41) is 6.52. The molecule has 1 rings (SSSR count). The predicted molar refractivity (Wildman–Crippen MR) is 82.3 cm³/mol. The lowest BCUT2D eigenvalue weighted by Crippen LogP contribution is -2.45. The van der Waals surface area contributed by atoms with Gasteiger partial charge < -0.3 is 20.1 Å². The van der Waals surface area contributed by atoms with Gasteiger partial charge in [-0.25, -0.2) is 0 Å². The lowest BCUT2D eigenvalue weighted by molar-refractivity contribution is 0.0389. The maximum atomic E-state index is 5.42. The van der Waals surface area contributed by atoms with E-state index in [-0.39, 0.29) is 0 Å². The molecule has 6 nitrogen and oxygen atoms in total. The quantitative estimate of drug-likeness (QED) is 0.286. The molecule has 20 heavy (non-hydrogen) atoms. The van der Waals surface area contributed by atoms with Crippen molar-refractivity contribution in [2.75, 3.05) is 66.2 Å². The molecule has 6 heteroatoms. The Morgan fingerprint density at radius 1 is 1.30 bits per heavy atom. The van der Waals surface area contributed by atoms with E-state index in [1.54, 1.807) is 7.05 Å². The normalized spacial score (nSPS) is 17.0. The molecule has 0 unspecified atom stereocenters.